The highest BCUT2D eigenvalue weighted by Crippen LogP contribution is 2.32. The van der Waals surface area contributed by atoms with Crippen molar-refractivity contribution in [2.75, 3.05) is 0 Å². The van der Waals surface area contributed by atoms with Crippen LogP contribution < -0.4 is 0 Å². The maximum atomic E-state index is 14.8. The van der Waals surface area contributed by atoms with Gasteiger partial charge in [-0.15, -0.1) is 0 Å². The summed E-state index contributed by atoms with van der Waals surface area (Å²) in [5, 5.41) is 13.5. The van der Waals surface area contributed by atoms with E-state index in [-0.39, 0.29) is 73.0 Å². The lowest BCUT2D eigenvalue weighted by Crippen LogP contribution is -2.24. The molecule has 99 heavy (non-hydrogen) atoms. The second-order valence-corrected chi connectivity index (χ2v) is 24.6. The SMILES string of the molecule is Cn1cc(-c2ccc(CN3Cc4cccnc4C3=O)c(F)c2)cn1.Cn1cc(-c2cnc(CN3Cc4ccccc4C3=O)c(F)c2)cn1.Cn1ncc2ccc(-c3ccc(CN4Cc5ccccc5C4=O)c(F)c3)cc21.O=C1c2ccccc2CN1Cc1ccc(-n2cccc2)cc1F. The third kappa shape index (κ3) is 13.5. The minimum Gasteiger partial charge on any atom is -0.330 e. The molecule has 17 nitrogen and oxygen atoms in total. The Labute approximate surface area is 566 Å². The fraction of sp³-hybridized carbons (Fsp3) is 0.141. The molecule has 17 rings (SSSR count). The summed E-state index contributed by atoms with van der Waals surface area (Å²) in [6, 6.07) is 52.8. The van der Waals surface area contributed by atoms with E-state index < -0.39 is 5.82 Å². The van der Waals surface area contributed by atoms with Crippen LogP contribution in [-0.4, -0.2) is 87.1 Å². The van der Waals surface area contributed by atoms with E-state index in [0.717, 1.165) is 72.2 Å². The molecular formula is C78H63F4N13O4. The van der Waals surface area contributed by atoms with Crippen LogP contribution in [0, 0.1) is 23.3 Å². The Morgan fingerprint density at radius 3 is 1.34 bits per heavy atom. The molecule has 0 N–H and O–H groups in total. The van der Waals surface area contributed by atoms with Crippen molar-refractivity contribution in [3.05, 3.63) is 322 Å². The summed E-state index contributed by atoms with van der Waals surface area (Å²) in [6.45, 7) is 2.94. The fourth-order valence-electron chi connectivity index (χ4n) is 12.7. The molecule has 13 aromatic rings. The van der Waals surface area contributed by atoms with Crippen molar-refractivity contribution >= 4 is 34.5 Å². The summed E-state index contributed by atoms with van der Waals surface area (Å²) in [4.78, 5) is 64.5. The Bertz CT molecular complexity index is 5100. The number of hydrogen-bond acceptors (Lipinski definition) is 9. The van der Waals surface area contributed by atoms with Gasteiger partial charge in [-0.1, -0.05) is 103 Å². The standard InChI is InChI=1S/C23H18FN3O.C19H15FN2O.2C18H15FN4O/c1-26-22-11-16(6-8-17(22)12-25-26)15-7-9-19(21(24)10-15)14-27-13-18-4-2-3-5-20(18)23(27)28;20-18-11-16(21-9-3-4-10-21)8-7-15(18)13-22-12-14-5-1-2-6-17(14)19(22)23;1-22-9-15(8-21-22)12-4-5-13(16(19)7-12)10-23-11-14-3-2-6-20-17(14)18(23)24;1-22-9-14(8-21-22)13-6-16(19)17(20-7-13)11-23-10-12-4-2-3-5-15(12)18(23)24/h2-12H,13-14H2,1H3;1-11H,12-13H2;2*2-9H,10-11H2,1H3. The van der Waals surface area contributed by atoms with Crippen LogP contribution in [0.1, 0.15) is 86.2 Å². The zero-order chi connectivity index (χ0) is 68.4. The smallest absolute Gasteiger partial charge is 0.273 e. The molecule has 0 unspecified atom stereocenters. The number of hydrogen-bond donors (Lipinski definition) is 0. The van der Waals surface area contributed by atoms with Crippen molar-refractivity contribution in [2.24, 2.45) is 21.1 Å². The molecule has 6 aromatic heterocycles. The van der Waals surface area contributed by atoms with E-state index in [1.54, 1.807) is 108 Å². The maximum absolute atomic E-state index is 14.8. The van der Waals surface area contributed by atoms with Gasteiger partial charge in [-0.3, -0.25) is 43.2 Å². The van der Waals surface area contributed by atoms with Gasteiger partial charge >= 0.3 is 0 Å². The van der Waals surface area contributed by atoms with Gasteiger partial charge in [0.25, 0.3) is 23.6 Å². The third-order valence-corrected chi connectivity index (χ3v) is 18.0. The molecule has 0 spiro atoms. The highest BCUT2D eigenvalue weighted by Gasteiger charge is 2.32. The summed E-state index contributed by atoms with van der Waals surface area (Å²) < 4.78 is 65.1. The number of aryl methyl sites for hydroxylation is 3. The van der Waals surface area contributed by atoms with Crippen molar-refractivity contribution in [3.63, 3.8) is 0 Å². The van der Waals surface area contributed by atoms with Crippen LogP contribution in [0.25, 0.3) is 50.0 Å². The Hall–Kier alpha value is -12.4. The largest absolute Gasteiger partial charge is 0.330 e. The van der Waals surface area contributed by atoms with Gasteiger partial charge in [-0.2, -0.15) is 15.3 Å². The van der Waals surface area contributed by atoms with Gasteiger partial charge in [0.1, 0.15) is 29.0 Å². The molecule has 7 aromatic carbocycles. The molecular weight excluding hydrogens is 1260 g/mol. The number of benzene rings is 7. The number of amides is 4. The third-order valence-electron chi connectivity index (χ3n) is 18.0. The Balaban J connectivity index is 0.000000113. The second-order valence-electron chi connectivity index (χ2n) is 24.6. The van der Waals surface area contributed by atoms with Crippen molar-refractivity contribution in [3.8, 4) is 39.1 Å². The first-order valence-corrected chi connectivity index (χ1v) is 31.9. The van der Waals surface area contributed by atoms with Crippen LogP contribution in [0.15, 0.2) is 232 Å². The summed E-state index contributed by atoms with van der Waals surface area (Å²) >= 11 is 0. The summed E-state index contributed by atoms with van der Waals surface area (Å²) in [5.74, 6) is -1.64. The highest BCUT2D eigenvalue weighted by molar-refractivity contribution is 6.00. The molecule has 0 aliphatic carbocycles. The molecule has 0 saturated heterocycles. The first-order chi connectivity index (χ1) is 48.0. The van der Waals surface area contributed by atoms with Crippen LogP contribution in [0.5, 0.6) is 0 Å². The molecule has 492 valence electrons. The maximum Gasteiger partial charge on any atom is 0.273 e. The van der Waals surface area contributed by atoms with Gasteiger partial charge in [0.2, 0.25) is 0 Å². The predicted molar refractivity (Wildman–Crippen MR) is 365 cm³/mol. The van der Waals surface area contributed by atoms with Crippen LogP contribution in [0.2, 0.25) is 0 Å². The van der Waals surface area contributed by atoms with E-state index in [0.29, 0.717) is 65.3 Å². The minimum atomic E-state index is -0.417. The molecule has 0 radical (unpaired) electrons. The van der Waals surface area contributed by atoms with E-state index in [2.05, 4.69) is 25.3 Å². The number of pyridine rings is 2. The van der Waals surface area contributed by atoms with E-state index in [9.17, 15) is 36.7 Å². The van der Waals surface area contributed by atoms with E-state index in [4.69, 9.17) is 0 Å². The summed E-state index contributed by atoms with van der Waals surface area (Å²) in [5.41, 5.74) is 14.8. The van der Waals surface area contributed by atoms with Crippen LogP contribution >= 0.6 is 0 Å². The lowest BCUT2D eigenvalue weighted by Gasteiger charge is -2.16. The number of carbonyl (C=O) groups is 4. The van der Waals surface area contributed by atoms with Crippen molar-refractivity contribution in [1.29, 1.82) is 0 Å². The Morgan fingerprint density at radius 1 is 0.384 bits per heavy atom. The van der Waals surface area contributed by atoms with Gasteiger partial charge in [0.05, 0.1) is 36.3 Å². The summed E-state index contributed by atoms with van der Waals surface area (Å²) in [7, 11) is 5.51. The molecule has 10 heterocycles. The average molecular weight is 1320 g/mol. The second kappa shape index (κ2) is 27.4. The highest BCUT2D eigenvalue weighted by atomic mass is 19.1. The molecule has 0 atom stereocenters. The van der Waals surface area contributed by atoms with Gasteiger partial charge in [0.15, 0.2) is 0 Å². The lowest BCUT2D eigenvalue weighted by molar-refractivity contribution is 0.0754. The zero-order valence-electron chi connectivity index (χ0n) is 54.1. The zero-order valence-corrected chi connectivity index (χ0v) is 54.1. The van der Waals surface area contributed by atoms with Crippen LogP contribution in [0.3, 0.4) is 0 Å². The first-order valence-electron chi connectivity index (χ1n) is 31.9. The molecule has 0 bridgehead atoms. The number of carbonyl (C=O) groups excluding carboxylic acids is 4. The topological polar surface area (TPSA) is 165 Å². The van der Waals surface area contributed by atoms with Crippen molar-refractivity contribution < 1.29 is 36.7 Å². The minimum absolute atomic E-state index is 0.0329. The fourth-order valence-corrected chi connectivity index (χ4v) is 12.7. The normalized spacial score (nSPS) is 13.4. The molecule has 4 aliphatic rings. The molecule has 21 heteroatoms. The molecule has 4 amide bonds. The number of rotatable bonds is 12. The van der Waals surface area contributed by atoms with E-state index >= 15 is 0 Å². The van der Waals surface area contributed by atoms with Crippen LogP contribution in [-0.2, 0) is 73.5 Å². The van der Waals surface area contributed by atoms with Crippen LogP contribution in [0.4, 0.5) is 17.6 Å². The van der Waals surface area contributed by atoms with Gasteiger partial charge in [-0.05, 0) is 106 Å². The van der Waals surface area contributed by atoms with Gasteiger partial charge in [-0.25, -0.2) is 17.6 Å². The molecule has 0 fully saturated rings. The quantitative estimate of drug-likeness (QED) is 0.108. The Morgan fingerprint density at radius 2 is 0.838 bits per heavy atom. The molecule has 4 aliphatic heterocycles. The van der Waals surface area contributed by atoms with Gasteiger partial charge < -0.3 is 24.2 Å². The van der Waals surface area contributed by atoms with Crippen molar-refractivity contribution in [1.82, 2.24) is 63.5 Å². The first kappa shape index (κ1) is 64.0. The summed E-state index contributed by atoms with van der Waals surface area (Å²) in [6.07, 6.45) is 15.8. The average Bonchev–Trinajstić information content (AvgIpc) is 1.70. The number of fused-ring (bicyclic) bond motifs is 5. The number of halogens is 4. The van der Waals surface area contributed by atoms with Gasteiger partial charge in [0, 0.05) is 171 Å². The molecule has 0 saturated carbocycles. The van der Waals surface area contributed by atoms with E-state index in [1.807, 2.05) is 165 Å². The monoisotopic (exact) mass is 1320 g/mol. The predicted octanol–water partition coefficient (Wildman–Crippen LogP) is 13.9. The number of nitrogens with zero attached hydrogens (tertiary/aromatic N) is 13. The lowest BCUT2D eigenvalue weighted by atomic mass is 10.0. The van der Waals surface area contributed by atoms with Crippen molar-refractivity contribution in [2.45, 2.75) is 52.4 Å². The Kier molecular flexibility index (Phi) is 17.7. The van der Waals surface area contributed by atoms with E-state index in [1.165, 1.54) is 18.2 Å². The number of aromatic nitrogens is 9.